The molecular weight excluding hydrogens is 366 g/mol. The van der Waals surface area contributed by atoms with Crippen LogP contribution in [0, 0.1) is 11.3 Å². The summed E-state index contributed by atoms with van der Waals surface area (Å²) < 4.78 is 17.5. The van der Waals surface area contributed by atoms with E-state index in [0.717, 1.165) is 24.2 Å². The Labute approximate surface area is 168 Å². The lowest BCUT2D eigenvalue weighted by molar-refractivity contribution is 0.271. The normalized spacial score (nSPS) is 10.8. The van der Waals surface area contributed by atoms with E-state index in [1.54, 1.807) is 6.07 Å². The first kappa shape index (κ1) is 18.6. The number of ether oxygens (including phenoxy) is 1. The largest absolute Gasteiger partial charge is 0.486 e. The standard InChI is InChI=1S/C23H21N3O3/c1-3-26(4-2)23-20(14-24)25-22(29-23)21-12-11-19(28-21)15-27-18-10-9-16-7-5-6-8-17(16)13-18/h5-13H,3-4,15H2,1-2H3. The molecule has 0 unspecified atom stereocenters. The average Bonchev–Trinajstić information content (AvgIpc) is 3.40. The van der Waals surface area contributed by atoms with Crippen molar-refractivity contribution in [2.24, 2.45) is 0 Å². The highest BCUT2D eigenvalue weighted by Gasteiger charge is 2.20. The Morgan fingerprint density at radius 2 is 1.79 bits per heavy atom. The van der Waals surface area contributed by atoms with Crippen LogP contribution in [0.3, 0.4) is 0 Å². The minimum absolute atomic E-state index is 0.258. The summed E-state index contributed by atoms with van der Waals surface area (Å²) in [6.45, 7) is 5.74. The first-order valence-electron chi connectivity index (χ1n) is 9.58. The van der Waals surface area contributed by atoms with E-state index in [1.807, 2.05) is 55.1 Å². The maximum Gasteiger partial charge on any atom is 0.266 e. The molecular formula is C23H21N3O3. The molecule has 6 heteroatoms. The lowest BCUT2D eigenvalue weighted by Crippen LogP contribution is -2.22. The Morgan fingerprint density at radius 1 is 1.00 bits per heavy atom. The van der Waals surface area contributed by atoms with Gasteiger partial charge < -0.3 is 18.5 Å². The van der Waals surface area contributed by atoms with E-state index >= 15 is 0 Å². The molecule has 2 heterocycles. The zero-order valence-corrected chi connectivity index (χ0v) is 16.4. The monoisotopic (exact) mass is 387 g/mol. The Kier molecular flexibility index (Phi) is 5.21. The van der Waals surface area contributed by atoms with Gasteiger partial charge in [-0.15, -0.1) is 0 Å². The second kappa shape index (κ2) is 8.11. The third-order valence-corrected chi connectivity index (χ3v) is 4.74. The highest BCUT2D eigenvalue weighted by molar-refractivity contribution is 5.83. The van der Waals surface area contributed by atoms with Crippen LogP contribution in [-0.4, -0.2) is 18.1 Å². The Balaban J connectivity index is 1.50. The number of fused-ring (bicyclic) bond motifs is 1. The van der Waals surface area contributed by atoms with Gasteiger partial charge in [-0.3, -0.25) is 0 Å². The van der Waals surface area contributed by atoms with Gasteiger partial charge in [-0.2, -0.15) is 10.2 Å². The summed E-state index contributed by atoms with van der Waals surface area (Å²) in [5.41, 5.74) is 0.258. The van der Waals surface area contributed by atoms with Gasteiger partial charge in [0, 0.05) is 13.1 Å². The van der Waals surface area contributed by atoms with Crippen LogP contribution in [0.5, 0.6) is 5.75 Å². The predicted molar refractivity (Wildman–Crippen MR) is 111 cm³/mol. The van der Waals surface area contributed by atoms with E-state index in [1.165, 1.54) is 5.39 Å². The molecule has 0 aliphatic rings. The molecule has 4 rings (SSSR count). The number of aromatic nitrogens is 1. The molecule has 0 saturated carbocycles. The highest BCUT2D eigenvalue weighted by atomic mass is 16.5. The van der Waals surface area contributed by atoms with Crippen molar-refractivity contribution in [3.63, 3.8) is 0 Å². The van der Waals surface area contributed by atoms with E-state index in [-0.39, 0.29) is 12.3 Å². The number of anilines is 1. The van der Waals surface area contributed by atoms with E-state index in [0.29, 0.717) is 23.3 Å². The molecule has 29 heavy (non-hydrogen) atoms. The maximum atomic E-state index is 9.36. The zero-order valence-electron chi connectivity index (χ0n) is 16.4. The van der Waals surface area contributed by atoms with Crippen LogP contribution < -0.4 is 9.64 Å². The Bertz CT molecular complexity index is 1170. The quantitative estimate of drug-likeness (QED) is 0.423. The van der Waals surface area contributed by atoms with E-state index < -0.39 is 0 Å². The number of benzene rings is 2. The van der Waals surface area contributed by atoms with E-state index in [2.05, 4.69) is 23.2 Å². The summed E-state index contributed by atoms with van der Waals surface area (Å²) >= 11 is 0. The van der Waals surface area contributed by atoms with Crippen molar-refractivity contribution in [3.8, 4) is 23.5 Å². The fraction of sp³-hybridized carbons (Fsp3) is 0.217. The van der Waals surface area contributed by atoms with Gasteiger partial charge in [-0.1, -0.05) is 30.3 Å². The van der Waals surface area contributed by atoms with Gasteiger partial charge in [0.25, 0.3) is 5.89 Å². The third-order valence-electron chi connectivity index (χ3n) is 4.74. The molecule has 0 fully saturated rings. The first-order chi connectivity index (χ1) is 14.2. The van der Waals surface area contributed by atoms with Gasteiger partial charge in [0.1, 0.15) is 24.2 Å². The number of hydrogen-bond donors (Lipinski definition) is 0. The molecule has 2 aromatic carbocycles. The fourth-order valence-corrected chi connectivity index (χ4v) is 3.20. The van der Waals surface area contributed by atoms with E-state index in [9.17, 15) is 5.26 Å². The number of nitriles is 1. The van der Waals surface area contributed by atoms with Crippen LogP contribution in [0.2, 0.25) is 0 Å². The topological polar surface area (TPSA) is 75.4 Å². The second-order valence-electron chi connectivity index (χ2n) is 6.52. The molecule has 146 valence electrons. The van der Waals surface area contributed by atoms with Crippen LogP contribution in [0.4, 0.5) is 5.88 Å². The maximum absolute atomic E-state index is 9.36. The van der Waals surface area contributed by atoms with Gasteiger partial charge in [-0.05, 0) is 48.9 Å². The van der Waals surface area contributed by atoms with Crippen LogP contribution in [-0.2, 0) is 6.61 Å². The van der Waals surface area contributed by atoms with Gasteiger partial charge >= 0.3 is 0 Å². The van der Waals surface area contributed by atoms with Crippen LogP contribution in [0.15, 0.2) is 63.4 Å². The fourth-order valence-electron chi connectivity index (χ4n) is 3.20. The molecule has 0 radical (unpaired) electrons. The summed E-state index contributed by atoms with van der Waals surface area (Å²) in [7, 11) is 0. The van der Waals surface area contributed by atoms with Gasteiger partial charge in [-0.25, -0.2) is 0 Å². The van der Waals surface area contributed by atoms with Crippen molar-refractivity contribution in [1.29, 1.82) is 5.26 Å². The third kappa shape index (κ3) is 3.81. The van der Waals surface area contributed by atoms with Crippen molar-refractivity contribution in [2.45, 2.75) is 20.5 Å². The van der Waals surface area contributed by atoms with Crippen molar-refractivity contribution in [3.05, 3.63) is 66.1 Å². The van der Waals surface area contributed by atoms with Crippen LogP contribution in [0.1, 0.15) is 25.3 Å². The molecule has 0 aliphatic heterocycles. The molecule has 0 atom stereocenters. The molecule has 0 amide bonds. The molecule has 4 aromatic rings. The number of furan rings is 1. The lowest BCUT2D eigenvalue weighted by Gasteiger charge is -2.16. The number of hydrogen-bond acceptors (Lipinski definition) is 6. The van der Waals surface area contributed by atoms with Crippen molar-refractivity contribution in [1.82, 2.24) is 4.98 Å². The Hall–Kier alpha value is -3.72. The number of rotatable bonds is 7. The van der Waals surface area contributed by atoms with Gasteiger partial charge in [0.15, 0.2) is 5.76 Å². The molecule has 6 nitrogen and oxygen atoms in total. The lowest BCUT2D eigenvalue weighted by atomic mass is 10.1. The molecule has 2 aromatic heterocycles. The van der Waals surface area contributed by atoms with E-state index in [4.69, 9.17) is 13.6 Å². The van der Waals surface area contributed by atoms with Gasteiger partial charge in [0.05, 0.1) is 0 Å². The highest BCUT2D eigenvalue weighted by Crippen LogP contribution is 2.29. The average molecular weight is 387 g/mol. The number of nitrogens with zero attached hydrogens (tertiary/aromatic N) is 3. The van der Waals surface area contributed by atoms with Crippen molar-refractivity contribution in [2.75, 3.05) is 18.0 Å². The first-order valence-corrected chi connectivity index (χ1v) is 9.58. The second-order valence-corrected chi connectivity index (χ2v) is 6.52. The van der Waals surface area contributed by atoms with Crippen molar-refractivity contribution >= 4 is 16.7 Å². The van der Waals surface area contributed by atoms with Crippen LogP contribution in [0.25, 0.3) is 22.4 Å². The SMILES string of the molecule is CCN(CC)c1oc(-c2ccc(COc3ccc4ccccc4c3)o2)nc1C#N. The molecule has 0 bridgehead atoms. The minimum Gasteiger partial charge on any atom is -0.486 e. The summed E-state index contributed by atoms with van der Waals surface area (Å²) in [5.74, 6) is 2.65. The molecule has 0 spiro atoms. The van der Waals surface area contributed by atoms with Gasteiger partial charge in [0.2, 0.25) is 11.6 Å². The molecule has 0 N–H and O–H groups in total. The van der Waals surface area contributed by atoms with Crippen molar-refractivity contribution < 1.29 is 13.6 Å². The smallest absolute Gasteiger partial charge is 0.266 e. The summed E-state index contributed by atoms with van der Waals surface area (Å²) in [6.07, 6.45) is 0. The summed E-state index contributed by atoms with van der Waals surface area (Å²) in [6, 6.07) is 19.8. The summed E-state index contributed by atoms with van der Waals surface area (Å²) in [4.78, 5) is 6.22. The molecule has 0 saturated heterocycles. The number of oxazole rings is 1. The minimum atomic E-state index is 0.258. The molecule has 0 aliphatic carbocycles. The Morgan fingerprint density at radius 3 is 2.55 bits per heavy atom. The predicted octanol–water partition coefficient (Wildman–Crippen LogP) is 5.38. The summed E-state index contributed by atoms with van der Waals surface area (Å²) in [5, 5.41) is 11.7. The van der Waals surface area contributed by atoms with Crippen LogP contribution >= 0.6 is 0 Å². The zero-order chi connectivity index (χ0) is 20.2.